The van der Waals surface area contributed by atoms with Crippen LogP contribution < -0.4 is 10.6 Å². The number of nitrogens with one attached hydrogen (secondary N) is 2. The second kappa shape index (κ2) is 15.3. The van der Waals surface area contributed by atoms with Crippen molar-refractivity contribution in [2.75, 3.05) is 19.7 Å². The molecule has 0 fully saturated rings. The minimum atomic E-state index is -0.948. The SMILES string of the molecule is CCCN(C(=O)C(NC(=O)OC(C)(C)C)C(C)CC)C(C(=O)NCCC(=O)OCC)c1cccc(C)c1C. The third-order valence-corrected chi connectivity index (χ3v) is 6.33. The van der Waals surface area contributed by atoms with Crippen LogP contribution in [-0.4, -0.2) is 60.1 Å². The number of ether oxygens (including phenoxy) is 2. The predicted octanol–water partition coefficient (Wildman–Crippen LogP) is 4.59. The molecule has 0 saturated heterocycles. The largest absolute Gasteiger partial charge is 0.466 e. The molecule has 2 N–H and O–H groups in total. The maximum absolute atomic E-state index is 14.1. The number of benzene rings is 1. The van der Waals surface area contributed by atoms with E-state index in [0.29, 0.717) is 24.9 Å². The van der Waals surface area contributed by atoms with Crippen molar-refractivity contribution >= 4 is 23.9 Å². The molecule has 1 rings (SSSR count). The first-order chi connectivity index (χ1) is 17.8. The number of aryl methyl sites for hydroxylation is 1. The Morgan fingerprint density at radius 1 is 1.05 bits per heavy atom. The van der Waals surface area contributed by atoms with Gasteiger partial charge in [-0.05, 0) is 70.6 Å². The Balaban J connectivity index is 3.46. The molecule has 3 atom stereocenters. The van der Waals surface area contributed by atoms with Crippen LogP contribution in [0.5, 0.6) is 0 Å². The number of rotatable bonds is 13. The van der Waals surface area contributed by atoms with Gasteiger partial charge >= 0.3 is 12.1 Å². The maximum atomic E-state index is 14.1. The van der Waals surface area contributed by atoms with Crippen LogP contribution in [0.3, 0.4) is 0 Å². The first-order valence-corrected chi connectivity index (χ1v) is 13.6. The second-order valence-corrected chi connectivity index (χ2v) is 10.6. The van der Waals surface area contributed by atoms with Gasteiger partial charge in [0.05, 0.1) is 13.0 Å². The molecule has 1 aromatic rings. The summed E-state index contributed by atoms with van der Waals surface area (Å²) in [5.74, 6) is -1.38. The van der Waals surface area contributed by atoms with E-state index in [1.807, 2.05) is 52.8 Å². The van der Waals surface area contributed by atoms with Crippen LogP contribution in [0.15, 0.2) is 18.2 Å². The molecule has 9 heteroatoms. The van der Waals surface area contributed by atoms with Crippen molar-refractivity contribution < 1.29 is 28.7 Å². The summed E-state index contributed by atoms with van der Waals surface area (Å²) in [5, 5.41) is 5.58. The summed E-state index contributed by atoms with van der Waals surface area (Å²) in [6, 6.07) is 3.81. The average Bonchev–Trinajstić information content (AvgIpc) is 2.83. The van der Waals surface area contributed by atoms with Gasteiger partial charge in [0, 0.05) is 13.1 Å². The Morgan fingerprint density at radius 2 is 1.71 bits per heavy atom. The molecule has 0 saturated carbocycles. The lowest BCUT2D eigenvalue weighted by Gasteiger charge is -2.36. The highest BCUT2D eigenvalue weighted by Gasteiger charge is 2.38. The van der Waals surface area contributed by atoms with E-state index in [1.54, 1.807) is 27.7 Å². The summed E-state index contributed by atoms with van der Waals surface area (Å²) < 4.78 is 10.4. The predicted molar refractivity (Wildman–Crippen MR) is 148 cm³/mol. The highest BCUT2D eigenvalue weighted by Crippen LogP contribution is 2.28. The topological polar surface area (TPSA) is 114 Å². The van der Waals surface area contributed by atoms with Gasteiger partial charge in [0.15, 0.2) is 0 Å². The first kappa shape index (κ1) is 32.9. The number of carbonyl (C=O) groups excluding carboxylic acids is 4. The number of carbonyl (C=O) groups is 4. The first-order valence-electron chi connectivity index (χ1n) is 13.6. The van der Waals surface area contributed by atoms with Crippen LogP contribution in [0.2, 0.25) is 0 Å². The van der Waals surface area contributed by atoms with Gasteiger partial charge in [0.25, 0.3) is 0 Å². The zero-order valence-corrected chi connectivity index (χ0v) is 24.6. The van der Waals surface area contributed by atoms with Crippen LogP contribution in [-0.2, 0) is 23.9 Å². The van der Waals surface area contributed by atoms with Crippen molar-refractivity contribution in [1.29, 1.82) is 0 Å². The maximum Gasteiger partial charge on any atom is 0.408 e. The molecule has 3 amide bonds. The fourth-order valence-corrected chi connectivity index (χ4v) is 4.04. The normalized spacial score (nSPS) is 13.6. The lowest BCUT2D eigenvalue weighted by atomic mass is 9.93. The molecule has 0 aliphatic heterocycles. The third-order valence-electron chi connectivity index (χ3n) is 6.33. The van der Waals surface area contributed by atoms with Gasteiger partial charge in [-0.2, -0.15) is 0 Å². The molecule has 0 aliphatic carbocycles. The van der Waals surface area contributed by atoms with Crippen LogP contribution >= 0.6 is 0 Å². The molecule has 0 aromatic heterocycles. The van der Waals surface area contributed by atoms with Gasteiger partial charge in [-0.25, -0.2) is 4.79 Å². The number of hydrogen-bond acceptors (Lipinski definition) is 6. The van der Waals surface area contributed by atoms with Gasteiger partial charge in [-0.15, -0.1) is 0 Å². The summed E-state index contributed by atoms with van der Waals surface area (Å²) in [6.45, 7) is 17.3. The highest BCUT2D eigenvalue weighted by molar-refractivity contribution is 5.92. The van der Waals surface area contributed by atoms with Gasteiger partial charge in [0.2, 0.25) is 11.8 Å². The second-order valence-electron chi connectivity index (χ2n) is 10.6. The lowest BCUT2D eigenvalue weighted by Crippen LogP contribution is -2.55. The molecule has 0 heterocycles. The zero-order chi connectivity index (χ0) is 29.0. The number of hydrogen-bond donors (Lipinski definition) is 2. The molecule has 0 radical (unpaired) electrons. The highest BCUT2D eigenvalue weighted by atomic mass is 16.6. The minimum absolute atomic E-state index is 0.0243. The van der Waals surface area contributed by atoms with E-state index in [4.69, 9.17) is 9.47 Å². The van der Waals surface area contributed by atoms with Crippen molar-refractivity contribution in [3.8, 4) is 0 Å². The van der Waals surface area contributed by atoms with Gasteiger partial charge < -0.3 is 25.0 Å². The molecular weight excluding hydrogens is 486 g/mol. The van der Waals surface area contributed by atoms with Crippen molar-refractivity contribution in [2.45, 2.75) is 99.3 Å². The molecule has 38 heavy (non-hydrogen) atoms. The quantitative estimate of drug-likeness (QED) is 0.359. The van der Waals surface area contributed by atoms with Crippen LogP contribution in [0.25, 0.3) is 0 Å². The van der Waals surface area contributed by atoms with Crippen molar-refractivity contribution in [3.63, 3.8) is 0 Å². The Kier molecular flexibility index (Phi) is 13.3. The molecule has 0 spiro atoms. The van der Waals surface area contributed by atoms with Crippen molar-refractivity contribution in [1.82, 2.24) is 15.5 Å². The molecule has 0 aliphatic rings. The summed E-state index contributed by atoms with van der Waals surface area (Å²) in [6.07, 6.45) is 0.570. The van der Waals surface area contributed by atoms with E-state index < -0.39 is 35.7 Å². The van der Waals surface area contributed by atoms with Crippen LogP contribution in [0.4, 0.5) is 4.79 Å². The molecule has 9 nitrogen and oxygen atoms in total. The molecular formula is C29H47N3O6. The van der Waals surface area contributed by atoms with E-state index in [0.717, 1.165) is 11.1 Å². The van der Waals surface area contributed by atoms with E-state index in [-0.39, 0.29) is 31.4 Å². The van der Waals surface area contributed by atoms with Gasteiger partial charge in [-0.3, -0.25) is 14.4 Å². The van der Waals surface area contributed by atoms with Gasteiger partial charge in [-0.1, -0.05) is 45.4 Å². The zero-order valence-electron chi connectivity index (χ0n) is 24.6. The smallest absolute Gasteiger partial charge is 0.408 e. The summed E-state index contributed by atoms with van der Waals surface area (Å²) in [5.41, 5.74) is 1.85. The van der Waals surface area contributed by atoms with E-state index in [9.17, 15) is 19.2 Å². The number of alkyl carbamates (subject to hydrolysis) is 1. The Morgan fingerprint density at radius 3 is 2.26 bits per heavy atom. The monoisotopic (exact) mass is 533 g/mol. The van der Waals surface area contributed by atoms with E-state index in [1.165, 1.54) is 4.90 Å². The summed E-state index contributed by atoms with van der Waals surface area (Å²) in [4.78, 5) is 53.8. The Hall–Kier alpha value is -3.10. The Labute approximate surface area is 228 Å². The minimum Gasteiger partial charge on any atom is -0.466 e. The number of esters is 1. The van der Waals surface area contributed by atoms with Crippen molar-refractivity contribution in [2.24, 2.45) is 5.92 Å². The lowest BCUT2D eigenvalue weighted by molar-refractivity contribution is -0.145. The summed E-state index contributed by atoms with van der Waals surface area (Å²) >= 11 is 0. The van der Waals surface area contributed by atoms with Crippen LogP contribution in [0, 0.1) is 19.8 Å². The number of amides is 3. The fraction of sp³-hybridized carbons (Fsp3) is 0.655. The van der Waals surface area contributed by atoms with Crippen LogP contribution in [0.1, 0.15) is 90.5 Å². The average molecular weight is 534 g/mol. The molecule has 3 unspecified atom stereocenters. The Bertz CT molecular complexity index is 956. The molecule has 0 bridgehead atoms. The standard InChI is InChI=1S/C29H47N3O6/c1-10-18-32(27(35)24(19(4)11-2)31-28(36)38-29(7,8)9)25(22-15-13-14-20(5)21(22)6)26(34)30-17-16-23(33)37-12-3/h13-15,19,24-25H,10-12,16-18H2,1-9H3,(H,30,34)(H,31,36). The molecule has 1 aromatic carbocycles. The molecule has 214 valence electrons. The van der Waals surface area contributed by atoms with Gasteiger partial charge in [0.1, 0.15) is 17.7 Å². The number of nitrogens with zero attached hydrogens (tertiary/aromatic N) is 1. The van der Waals surface area contributed by atoms with E-state index >= 15 is 0 Å². The van der Waals surface area contributed by atoms with Crippen molar-refractivity contribution in [3.05, 3.63) is 34.9 Å². The fourth-order valence-electron chi connectivity index (χ4n) is 4.04. The third kappa shape index (κ3) is 9.99. The van der Waals surface area contributed by atoms with E-state index in [2.05, 4.69) is 10.6 Å². The summed E-state index contributed by atoms with van der Waals surface area (Å²) in [7, 11) is 0.